The van der Waals surface area contributed by atoms with Gasteiger partial charge in [0.05, 0.1) is 0 Å². The predicted octanol–water partition coefficient (Wildman–Crippen LogP) is 3.68. The Labute approximate surface area is 132 Å². The van der Waals surface area contributed by atoms with E-state index in [2.05, 4.69) is 10.1 Å². The van der Waals surface area contributed by atoms with Crippen LogP contribution in [0.5, 0.6) is 5.75 Å². The van der Waals surface area contributed by atoms with Crippen molar-refractivity contribution in [2.24, 2.45) is 0 Å². The third-order valence-electron chi connectivity index (χ3n) is 4.62. The Bertz CT molecular complexity index is 546. The van der Waals surface area contributed by atoms with Gasteiger partial charge in [-0.2, -0.15) is 8.78 Å². The summed E-state index contributed by atoms with van der Waals surface area (Å²) in [6.07, 6.45) is 4.19. The third-order valence-corrected chi connectivity index (χ3v) is 4.62. The SMILES string of the molecule is C[C@H]1CN(c2cc(F)c(OC(F)F)c(F)c2)[C@@H]2CCCC[C@H]2N1. The van der Waals surface area contributed by atoms with Crippen molar-refractivity contribution in [3.63, 3.8) is 0 Å². The first-order valence-corrected chi connectivity index (χ1v) is 7.92. The Kier molecular flexibility index (Phi) is 4.66. The van der Waals surface area contributed by atoms with E-state index in [1.807, 2.05) is 11.8 Å². The number of nitrogens with one attached hydrogen (secondary N) is 1. The van der Waals surface area contributed by atoms with Crippen molar-refractivity contribution in [3.8, 4) is 5.75 Å². The molecule has 0 unspecified atom stereocenters. The molecule has 1 N–H and O–H groups in total. The fourth-order valence-electron chi connectivity index (χ4n) is 3.74. The van der Waals surface area contributed by atoms with Gasteiger partial charge in [-0.05, 0) is 19.8 Å². The van der Waals surface area contributed by atoms with Crippen molar-refractivity contribution >= 4 is 5.69 Å². The van der Waals surface area contributed by atoms with E-state index in [1.54, 1.807) is 0 Å². The Morgan fingerprint density at radius 2 is 1.83 bits per heavy atom. The largest absolute Gasteiger partial charge is 0.429 e. The highest BCUT2D eigenvalue weighted by molar-refractivity contribution is 5.52. The quantitative estimate of drug-likeness (QED) is 0.855. The van der Waals surface area contributed by atoms with Crippen LogP contribution < -0.4 is 15.0 Å². The maximum absolute atomic E-state index is 14.0. The smallest absolute Gasteiger partial charge is 0.387 e. The molecule has 0 aromatic heterocycles. The van der Waals surface area contributed by atoms with E-state index in [0.717, 1.165) is 37.8 Å². The average Bonchev–Trinajstić information content (AvgIpc) is 2.49. The van der Waals surface area contributed by atoms with Crippen molar-refractivity contribution in [2.75, 3.05) is 11.4 Å². The van der Waals surface area contributed by atoms with Crippen molar-refractivity contribution < 1.29 is 22.3 Å². The topological polar surface area (TPSA) is 24.5 Å². The zero-order chi connectivity index (χ0) is 16.6. The number of benzene rings is 1. The highest BCUT2D eigenvalue weighted by atomic mass is 19.3. The summed E-state index contributed by atoms with van der Waals surface area (Å²) in [5.41, 5.74) is 0.381. The number of hydrogen-bond acceptors (Lipinski definition) is 3. The minimum Gasteiger partial charge on any atom is -0.429 e. The number of piperazine rings is 1. The van der Waals surface area contributed by atoms with E-state index in [0.29, 0.717) is 12.2 Å². The first-order chi connectivity index (χ1) is 11.0. The predicted molar refractivity (Wildman–Crippen MR) is 79.0 cm³/mol. The Balaban J connectivity index is 1.90. The molecule has 3 rings (SSSR count). The van der Waals surface area contributed by atoms with E-state index in [4.69, 9.17) is 0 Å². The number of hydrogen-bond donors (Lipinski definition) is 1. The molecule has 128 valence electrons. The summed E-state index contributed by atoms with van der Waals surface area (Å²) in [4.78, 5) is 1.99. The van der Waals surface area contributed by atoms with Crippen LogP contribution in [0.2, 0.25) is 0 Å². The van der Waals surface area contributed by atoms with Crippen LogP contribution in [0, 0.1) is 11.6 Å². The third kappa shape index (κ3) is 3.39. The molecule has 2 aliphatic rings. The summed E-state index contributed by atoms with van der Waals surface area (Å²) < 4.78 is 56.4. The lowest BCUT2D eigenvalue weighted by molar-refractivity contribution is -0.0546. The van der Waals surface area contributed by atoms with E-state index in [9.17, 15) is 17.6 Å². The molecule has 3 nitrogen and oxygen atoms in total. The van der Waals surface area contributed by atoms with Crippen molar-refractivity contribution in [1.82, 2.24) is 5.32 Å². The molecule has 0 amide bonds. The molecule has 0 bridgehead atoms. The lowest BCUT2D eigenvalue weighted by atomic mass is 9.86. The van der Waals surface area contributed by atoms with Gasteiger partial charge in [-0.25, -0.2) is 8.78 Å². The second kappa shape index (κ2) is 6.55. The summed E-state index contributed by atoms with van der Waals surface area (Å²) >= 11 is 0. The zero-order valence-electron chi connectivity index (χ0n) is 12.9. The fourth-order valence-corrected chi connectivity index (χ4v) is 3.74. The van der Waals surface area contributed by atoms with Crippen LogP contribution in [0.25, 0.3) is 0 Å². The van der Waals surface area contributed by atoms with Gasteiger partial charge in [-0.15, -0.1) is 0 Å². The van der Waals surface area contributed by atoms with Gasteiger partial charge in [-0.3, -0.25) is 0 Å². The Hall–Kier alpha value is -1.50. The van der Waals surface area contributed by atoms with Crippen LogP contribution in [0.3, 0.4) is 0 Å². The first-order valence-electron chi connectivity index (χ1n) is 7.92. The van der Waals surface area contributed by atoms with Crippen LogP contribution in [0.1, 0.15) is 32.6 Å². The number of anilines is 1. The molecule has 1 aliphatic heterocycles. The normalized spacial score (nSPS) is 27.9. The van der Waals surface area contributed by atoms with Crippen LogP contribution in [-0.4, -0.2) is 31.3 Å². The van der Waals surface area contributed by atoms with E-state index >= 15 is 0 Å². The van der Waals surface area contributed by atoms with Gasteiger partial charge in [0.2, 0.25) is 0 Å². The number of rotatable bonds is 3. The molecule has 1 saturated carbocycles. The molecular formula is C16H20F4N2O. The summed E-state index contributed by atoms with van der Waals surface area (Å²) in [6, 6.07) is 2.82. The molecular weight excluding hydrogens is 312 g/mol. The number of alkyl halides is 2. The van der Waals surface area contributed by atoms with Gasteiger partial charge in [-0.1, -0.05) is 12.8 Å². The zero-order valence-corrected chi connectivity index (χ0v) is 12.9. The monoisotopic (exact) mass is 332 g/mol. The van der Waals surface area contributed by atoms with Crippen molar-refractivity contribution in [2.45, 2.75) is 57.3 Å². The molecule has 1 aliphatic carbocycles. The lowest BCUT2D eigenvalue weighted by Crippen LogP contribution is -2.62. The van der Waals surface area contributed by atoms with Crippen molar-refractivity contribution in [1.29, 1.82) is 0 Å². The van der Waals surface area contributed by atoms with E-state index in [-0.39, 0.29) is 18.1 Å². The standard InChI is InChI=1S/C16H20F4N2O/c1-9-8-22(14-5-3-2-4-13(14)21-9)10-6-11(17)15(12(18)7-10)23-16(19)20/h6-7,9,13-14,16,21H,2-5,8H2,1H3/t9-,13+,14+/m0/s1. The van der Waals surface area contributed by atoms with E-state index < -0.39 is 24.0 Å². The summed E-state index contributed by atoms with van der Waals surface area (Å²) in [6.45, 7) is -0.611. The van der Waals surface area contributed by atoms with Crippen LogP contribution in [0.15, 0.2) is 12.1 Å². The molecule has 7 heteroatoms. The average molecular weight is 332 g/mol. The molecule has 1 saturated heterocycles. The molecule has 1 aromatic carbocycles. The number of halogens is 4. The highest BCUT2D eigenvalue weighted by Gasteiger charge is 2.36. The minimum atomic E-state index is -3.26. The molecule has 0 spiro atoms. The maximum atomic E-state index is 14.0. The lowest BCUT2D eigenvalue weighted by Gasteiger charge is -2.48. The maximum Gasteiger partial charge on any atom is 0.387 e. The van der Waals surface area contributed by atoms with Gasteiger partial charge in [0, 0.05) is 42.5 Å². The van der Waals surface area contributed by atoms with Crippen molar-refractivity contribution in [3.05, 3.63) is 23.8 Å². The minimum absolute atomic E-state index is 0.167. The number of nitrogens with zero attached hydrogens (tertiary/aromatic N) is 1. The molecule has 1 aromatic rings. The second-order valence-electron chi connectivity index (χ2n) is 6.30. The summed E-state index contributed by atoms with van der Waals surface area (Å²) in [5, 5.41) is 3.53. The fraction of sp³-hybridized carbons (Fsp3) is 0.625. The molecule has 2 fully saturated rings. The Morgan fingerprint density at radius 1 is 1.17 bits per heavy atom. The van der Waals surface area contributed by atoms with Gasteiger partial charge in [0.15, 0.2) is 17.4 Å². The second-order valence-corrected chi connectivity index (χ2v) is 6.30. The molecule has 23 heavy (non-hydrogen) atoms. The van der Waals surface area contributed by atoms with Gasteiger partial charge < -0.3 is 15.0 Å². The van der Waals surface area contributed by atoms with Gasteiger partial charge in [0.1, 0.15) is 0 Å². The summed E-state index contributed by atoms with van der Waals surface area (Å²) in [5.74, 6) is -3.22. The number of fused-ring (bicyclic) bond motifs is 1. The van der Waals surface area contributed by atoms with Crippen LogP contribution >= 0.6 is 0 Å². The summed E-state index contributed by atoms with van der Waals surface area (Å²) in [7, 11) is 0. The molecule has 0 radical (unpaired) electrons. The highest BCUT2D eigenvalue weighted by Crippen LogP contribution is 2.34. The first kappa shape index (κ1) is 16.4. The van der Waals surface area contributed by atoms with Crippen LogP contribution in [0.4, 0.5) is 23.2 Å². The van der Waals surface area contributed by atoms with Gasteiger partial charge >= 0.3 is 6.61 Å². The van der Waals surface area contributed by atoms with Gasteiger partial charge in [0.25, 0.3) is 0 Å². The van der Waals surface area contributed by atoms with E-state index in [1.165, 1.54) is 0 Å². The molecule has 1 heterocycles. The molecule has 3 atom stereocenters. The number of ether oxygens (including phenoxy) is 1. The van der Waals surface area contributed by atoms with Crippen LogP contribution in [-0.2, 0) is 0 Å². The Morgan fingerprint density at radius 3 is 2.48 bits per heavy atom.